The van der Waals surface area contributed by atoms with Crippen LogP contribution in [-0.2, 0) is 10.0 Å². The number of nitrogens with zero attached hydrogens (tertiary/aromatic N) is 2. The third-order valence-corrected chi connectivity index (χ3v) is 6.07. The smallest absolute Gasteiger partial charge is 0.215 e. The molecule has 0 fully saturated rings. The minimum Gasteiger partial charge on any atom is -0.357 e. The number of rotatable bonds is 9. The maximum absolute atomic E-state index is 12.2. The van der Waals surface area contributed by atoms with E-state index in [0.29, 0.717) is 19.0 Å². The summed E-state index contributed by atoms with van der Waals surface area (Å²) in [6.45, 7) is 11.8. The van der Waals surface area contributed by atoms with Crippen molar-refractivity contribution >= 4 is 16.0 Å². The van der Waals surface area contributed by atoms with Crippen LogP contribution in [-0.4, -0.2) is 50.6 Å². The van der Waals surface area contributed by atoms with Crippen molar-refractivity contribution in [1.82, 2.24) is 14.9 Å². The number of nitrogens with one attached hydrogen (secondary N) is 2. The van der Waals surface area contributed by atoms with Crippen molar-refractivity contribution in [2.75, 3.05) is 31.9 Å². The lowest BCUT2D eigenvalue weighted by molar-refractivity contribution is 0.445. The predicted molar refractivity (Wildman–Crippen MR) is 105 cm³/mol. The molecule has 6 nitrogen and oxygen atoms in total. The van der Waals surface area contributed by atoms with Gasteiger partial charge in [-0.2, -0.15) is 0 Å². The number of hydrogen-bond acceptors (Lipinski definition) is 3. The largest absolute Gasteiger partial charge is 0.357 e. The van der Waals surface area contributed by atoms with Crippen molar-refractivity contribution in [3.8, 4) is 0 Å². The summed E-state index contributed by atoms with van der Waals surface area (Å²) in [5.41, 5.74) is 2.41. The zero-order valence-corrected chi connectivity index (χ0v) is 16.9. The van der Waals surface area contributed by atoms with Gasteiger partial charge in [0.05, 0.1) is 18.3 Å². The van der Waals surface area contributed by atoms with Crippen molar-refractivity contribution in [1.29, 1.82) is 0 Å². The van der Waals surface area contributed by atoms with E-state index in [1.54, 1.807) is 0 Å². The van der Waals surface area contributed by atoms with E-state index < -0.39 is 10.0 Å². The highest BCUT2D eigenvalue weighted by Gasteiger charge is 2.18. The Bertz CT molecular complexity index is 655. The Hall–Kier alpha value is -1.60. The average molecular weight is 369 g/mol. The summed E-state index contributed by atoms with van der Waals surface area (Å²) in [5.74, 6) is 0.650. The summed E-state index contributed by atoms with van der Waals surface area (Å²) in [6.07, 6.45) is 0. The second-order valence-corrected chi connectivity index (χ2v) is 7.97. The van der Waals surface area contributed by atoms with Crippen molar-refractivity contribution in [2.24, 2.45) is 4.99 Å². The normalized spacial score (nSPS) is 13.8. The molecule has 0 saturated carbocycles. The summed E-state index contributed by atoms with van der Waals surface area (Å²) in [4.78, 5) is 4.43. The van der Waals surface area contributed by atoms with Gasteiger partial charge < -0.3 is 10.6 Å². The summed E-state index contributed by atoms with van der Waals surface area (Å²) >= 11 is 0. The van der Waals surface area contributed by atoms with Crippen LogP contribution in [0.15, 0.2) is 29.3 Å². The molecule has 0 aliphatic heterocycles. The van der Waals surface area contributed by atoms with Gasteiger partial charge in [0.1, 0.15) is 0 Å². The number of sulfonamides is 1. The van der Waals surface area contributed by atoms with Gasteiger partial charge in [0.15, 0.2) is 5.96 Å². The molecule has 0 bridgehead atoms. The van der Waals surface area contributed by atoms with Gasteiger partial charge in [0.25, 0.3) is 0 Å². The van der Waals surface area contributed by atoms with E-state index in [2.05, 4.69) is 41.6 Å². The first-order valence-electron chi connectivity index (χ1n) is 8.93. The van der Waals surface area contributed by atoms with Crippen LogP contribution in [0.25, 0.3) is 0 Å². The highest BCUT2D eigenvalue weighted by molar-refractivity contribution is 7.89. The first-order chi connectivity index (χ1) is 11.9. The molecule has 1 aromatic rings. The maximum atomic E-state index is 12.2. The fourth-order valence-electron chi connectivity index (χ4n) is 2.69. The second kappa shape index (κ2) is 10.4. The Morgan fingerprint density at radius 2 is 1.84 bits per heavy atom. The minimum atomic E-state index is -3.25. The van der Waals surface area contributed by atoms with Crippen LogP contribution in [0.3, 0.4) is 0 Å². The lowest BCUT2D eigenvalue weighted by Gasteiger charge is -2.20. The van der Waals surface area contributed by atoms with Crippen LogP contribution in [0, 0.1) is 6.92 Å². The Balaban J connectivity index is 2.76. The molecule has 1 rings (SSSR count). The Morgan fingerprint density at radius 1 is 1.20 bits per heavy atom. The zero-order valence-electron chi connectivity index (χ0n) is 16.0. The van der Waals surface area contributed by atoms with Crippen LogP contribution in [0.2, 0.25) is 0 Å². The van der Waals surface area contributed by atoms with Gasteiger partial charge in [-0.1, -0.05) is 38.1 Å². The van der Waals surface area contributed by atoms with E-state index in [9.17, 15) is 8.42 Å². The molecule has 0 radical (unpaired) electrons. The molecule has 0 saturated heterocycles. The monoisotopic (exact) mass is 368 g/mol. The molecule has 2 N–H and O–H groups in total. The van der Waals surface area contributed by atoms with Gasteiger partial charge in [0, 0.05) is 19.6 Å². The highest BCUT2D eigenvalue weighted by atomic mass is 32.2. The Kier molecular flexibility index (Phi) is 8.92. The first-order valence-corrected chi connectivity index (χ1v) is 10.5. The van der Waals surface area contributed by atoms with Gasteiger partial charge in [-0.25, -0.2) is 12.7 Å². The Labute approximate surface area is 152 Å². The minimum absolute atomic E-state index is 0.0179. The van der Waals surface area contributed by atoms with E-state index in [0.717, 1.165) is 6.54 Å². The van der Waals surface area contributed by atoms with E-state index in [1.165, 1.54) is 15.4 Å². The van der Waals surface area contributed by atoms with Crippen LogP contribution < -0.4 is 10.6 Å². The molecular formula is C18H32N4O2S. The van der Waals surface area contributed by atoms with E-state index in [-0.39, 0.29) is 18.3 Å². The SMILES string of the molecule is CCNC(=NCCS(=O)(=O)N(CC)CC)NC(C)c1ccccc1C. The van der Waals surface area contributed by atoms with E-state index in [4.69, 9.17) is 0 Å². The molecule has 1 unspecified atom stereocenters. The summed E-state index contributed by atoms with van der Waals surface area (Å²) in [7, 11) is -3.25. The fraction of sp³-hybridized carbons (Fsp3) is 0.611. The van der Waals surface area contributed by atoms with Gasteiger partial charge in [-0.05, 0) is 31.9 Å². The lowest BCUT2D eigenvalue weighted by atomic mass is 10.0. The third-order valence-electron chi connectivity index (χ3n) is 4.07. The molecule has 0 amide bonds. The molecular weight excluding hydrogens is 336 g/mol. The van der Waals surface area contributed by atoms with Crippen molar-refractivity contribution in [3.63, 3.8) is 0 Å². The third kappa shape index (κ3) is 6.66. The number of hydrogen-bond donors (Lipinski definition) is 2. The van der Waals surface area contributed by atoms with Crippen molar-refractivity contribution in [2.45, 2.75) is 40.7 Å². The number of aliphatic imine (C=N–C) groups is 1. The second-order valence-electron chi connectivity index (χ2n) is 5.88. The molecule has 142 valence electrons. The quantitative estimate of drug-likeness (QED) is 0.518. The van der Waals surface area contributed by atoms with Crippen LogP contribution >= 0.6 is 0 Å². The molecule has 0 heterocycles. The van der Waals surface area contributed by atoms with Crippen LogP contribution in [0.4, 0.5) is 0 Å². The molecule has 0 aliphatic carbocycles. The number of guanidine groups is 1. The topological polar surface area (TPSA) is 73.8 Å². The van der Waals surface area contributed by atoms with E-state index >= 15 is 0 Å². The summed E-state index contributed by atoms with van der Waals surface area (Å²) < 4.78 is 25.9. The molecule has 0 aliphatic rings. The zero-order chi connectivity index (χ0) is 18.9. The van der Waals surface area contributed by atoms with Gasteiger partial charge in [-0.15, -0.1) is 0 Å². The summed E-state index contributed by atoms with van der Waals surface area (Å²) in [5, 5.41) is 6.53. The lowest BCUT2D eigenvalue weighted by Crippen LogP contribution is -2.39. The molecule has 7 heteroatoms. The average Bonchev–Trinajstić information content (AvgIpc) is 2.56. The molecule has 1 atom stereocenters. The predicted octanol–water partition coefficient (Wildman–Crippen LogP) is 2.28. The maximum Gasteiger partial charge on any atom is 0.215 e. The van der Waals surface area contributed by atoms with Gasteiger partial charge >= 0.3 is 0 Å². The fourth-order valence-corrected chi connectivity index (χ4v) is 4.06. The van der Waals surface area contributed by atoms with Crippen molar-refractivity contribution in [3.05, 3.63) is 35.4 Å². The first kappa shape index (κ1) is 21.4. The van der Waals surface area contributed by atoms with Crippen LogP contribution in [0.1, 0.15) is 44.9 Å². The molecule has 25 heavy (non-hydrogen) atoms. The van der Waals surface area contributed by atoms with Gasteiger partial charge in [-0.3, -0.25) is 4.99 Å². The standard InChI is InChI=1S/C18H32N4O2S/c1-6-19-18(20-13-14-25(23,24)22(7-2)8-3)21-16(5)17-12-10-9-11-15(17)4/h9-12,16H,6-8,13-14H2,1-5H3,(H2,19,20,21). The number of aryl methyl sites for hydroxylation is 1. The highest BCUT2D eigenvalue weighted by Crippen LogP contribution is 2.16. The molecule has 0 aromatic heterocycles. The number of benzene rings is 1. The summed E-state index contributed by atoms with van der Waals surface area (Å²) in [6, 6.07) is 8.28. The van der Waals surface area contributed by atoms with E-state index in [1.807, 2.05) is 32.9 Å². The van der Waals surface area contributed by atoms with Crippen molar-refractivity contribution < 1.29 is 8.42 Å². The van der Waals surface area contributed by atoms with Crippen LogP contribution in [0.5, 0.6) is 0 Å². The molecule has 1 aromatic carbocycles. The van der Waals surface area contributed by atoms with Gasteiger partial charge in [0.2, 0.25) is 10.0 Å². The molecule has 0 spiro atoms. The Morgan fingerprint density at radius 3 is 2.40 bits per heavy atom.